The van der Waals surface area contributed by atoms with Gasteiger partial charge < -0.3 is 24.3 Å². The highest BCUT2D eigenvalue weighted by molar-refractivity contribution is 6.20. The van der Waals surface area contributed by atoms with Crippen LogP contribution in [0.2, 0.25) is 0 Å². The van der Waals surface area contributed by atoms with Crippen molar-refractivity contribution in [2.75, 3.05) is 75.7 Å². The topological polar surface area (TPSA) is 89.5 Å². The molecule has 0 fully saturated rings. The third kappa shape index (κ3) is 9.75. The highest BCUT2D eigenvalue weighted by atomic mass is 35.5. The first kappa shape index (κ1) is 42.5. The van der Waals surface area contributed by atoms with Crippen molar-refractivity contribution < 1.29 is 19.1 Å². The van der Waals surface area contributed by atoms with E-state index in [0.29, 0.717) is 48.9 Å². The summed E-state index contributed by atoms with van der Waals surface area (Å²) < 4.78 is 6.15. The Hall–Kier alpha value is -3.57. The van der Waals surface area contributed by atoms with Gasteiger partial charge in [-0.25, -0.2) is 0 Å². The zero-order valence-electron chi connectivity index (χ0n) is 28.8. The van der Waals surface area contributed by atoms with Gasteiger partial charge in [-0.05, 0) is 69.2 Å². The van der Waals surface area contributed by atoms with Crippen molar-refractivity contribution in [2.24, 2.45) is 5.41 Å². The second kappa shape index (κ2) is 18.8. The Balaban J connectivity index is 0.00000384. The summed E-state index contributed by atoms with van der Waals surface area (Å²) in [6.07, 6.45) is 4.34. The summed E-state index contributed by atoms with van der Waals surface area (Å²) in [7, 11) is 7.43. The monoisotopic (exact) mass is 722 g/mol. The quantitative estimate of drug-likeness (QED) is 0.163. The van der Waals surface area contributed by atoms with Gasteiger partial charge in [0.25, 0.3) is 5.91 Å². The smallest absolute Gasteiger partial charge is 0.255 e. The molecule has 1 aromatic heterocycles. The highest BCUT2D eigenvalue weighted by Gasteiger charge is 2.45. The summed E-state index contributed by atoms with van der Waals surface area (Å²) in [5.74, 6) is 0.173. The van der Waals surface area contributed by atoms with E-state index in [9.17, 15) is 14.4 Å². The molecular weight excluding hydrogens is 675 g/mol. The average Bonchev–Trinajstić information content (AvgIpc) is 3.09. The minimum absolute atomic E-state index is 0. The van der Waals surface area contributed by atoms with Crippen LogP contribution in [0.15, 0.2) is 67.0 Å². The zero-order chi connectivity index (χ0) is 32.7. The van der Waals surface area contributed by atoms with Crippen LogP contribution in [0, 0.1) is 5.41 Å². The molecule has 0 bridgehead atoms. The van der Waals surface area contributed by atoms with E-state index in [1.165, 1.54) is 0 Å². The number of carbonyl (C=O) groups excluding carboxylic acids is 3. The van der Waals surface area contributed by atoms with Crippen LogP contribution in [0.3, 0.4) is 0 Å². The van der Waals surface area contributed by atoms with Crippen molar-refractivity contribution >= 4 is 72.0 Å². The van der Waals surface area contributed by atoms with E-state index in [1.807, 2.05) is 87.6 Å². The van der Waals surface area contributed by atoms with Crippen molar-refractivity contribution in [3.63, 3.8) is 0 Å². The van der Waals surface area contributed by atoms with Crippen LogP contribution in [0.5, 0.6) is 5.75 Å². The Morgan fingerprint density at radius 1 is 0.875 bits per heavy atom. The number of hydrogen-bond acceptors (Lipinski definition) is 7. The Labute approximate surface area is 303 Å². The van der Waals surface area contributed by atoms with Crippen molar-refractivity contribution in [3.8, 4) is 5.75 Å². The number of rotatable bonds is 13. The molecule has 3 aromatic rings. The van der Waals surface area contributed by atoms with Gasteiger partial charge in [-0.1, -0.05) is 12.1 Å². The maximum atomic E-state index is 13.3. The molecule has 264 valence electrons. The molecule has 0 radical (unpaired) electrons. The molecule has 13 heteroatoms. The number of benzene rings is 2. The van der Waals surface area contributed by atoms with Gasteiger partial charge in [0.2, 0.25) is 11.8 Å². The first-order valence-corrected chi connectivity index (χ1v) is 15.5. The predicted molar refractivity (Wildman–Crippen MR) is 201 cm³/mol. The summed E-state index contributed by atoms with van der Waals surface area (Å²) in [6, 6.07) is 17.2. The van der Waals surface area contributed by atoms with Gasteiger partial charge in [-0.15, -0.1) is 37.2 Å². The van der Waals surface area contributed by atoms with E-state index in [4.69, 9.17) is 4.74 Å². The number of ether oxygens (including phenoxy) is 1. The Morgan fingerprint density at radius 3 is 2.19 bits per heavy atom. The lowest BCUT2D eigenvalue weighted by Crippen LogP contribution is -2.47. The average molecular weight is 724 g/mol. The summed E-state index contributed by atoms with van der Waals surface area (Å²) in [4.78, 5) is 53.1. The number of fused-ring (bicyclic) bond motifs is 1. The van der Waals surface area contributed by atoms with Crippen LogP contribution in [0.4, 0.5) is 17.1 Å². The molecule has 1 aliphatic rings. The highest BCUT2D eigenvalue weighted by Crippen LogP contribution is 2.40. The van der Waals surface area contributed by atoms with Crippen molar-refractivity contribution in [2.45, 2.75) is 33.7 Å². The fourth-order valence-corrected chi connectivity index (χ4v) is 5.61. The molecule has 0 unspecified atom stereocenters. The number of carbonyl (C=O) groups is 3. The standard InChI is InChI=1S/C35H46N6O4.3ClH/c1-8-41-30-15-14-27(24-31(30)39(7)33(43)35(2,3)34(41)44)45-23-11-20-40(25-26-16-18-36-19-17-26)22-21-38(6)32(42)28-12-9-10-13-29(28)37(4)5;;;/h9-10,12-19,24H,8,11,20-23,25H2,1-7H3;3*1H. The molecule has 0 saturated carbocycles. The lowest BCUT2D eigenvalue weighted by Gasteiger charge is -2.27. The largest absolute Gasteiger partial charge is 0.493 e. The molecule has 48 heavy (non-hydrogen) atoms. The van der Waals surface area contributed by atoms with E-state index >= 15 is 0 Å². The Kier molecular flexibility index (Phi) is 16.7. The predicted octanol–water partition coefficient (Wildman–Crippen LogP) is 5.81. The van der Waals surface area contributed by atoms with Gasteiger partial charge in [0, 0.05) is 85.1 Å². The van der Waals surface area contributed by atoms with Crippen molar-refractivity contribution in [1.82, 2.24) is 14.8 Å². The van der Waals surface area contributed by atoms with Crippen molar-refractivity contribution in [1.29, 1.82) is 0 Å². The summed E-state index contributed by atoms with van der Waals surface area (Å²) >= 11 is 0. The SMILES string of the molecule is CCN1C(=O)C(C)(C)C(=O)N(C)c2cc(OCCCN(CCN(C)C(=O)c3ccccc3N(C)C)Cc3ccncc3)ccc21.Cl.Cl.Cl. The second-order valence-electron chi connectivity index (χ2n) is 12.2. The molecule has 1 aliphatic heterocycles. The van der Waals surface area contributed by atoms with Gasteiger partial charge in [-0.3, -0.25) is 24.3 Å². The maximum absolute atomic E-state index is 13.3. The van der Waals surface area contributed by atoms with Crippen LogP contribution in [-0.2, 0) is 16.1 Å². The van der Waals surface area contributed by atoms with E-state index in [2.05, 4.69) is 9.88 Å². The molecule has 4 rings (SSSR count). The zero-order valence-corrected chi connectivity index (χ0v) is 31.3. The van der Waals surface area contributed by atoms with Gasteiger partial charge in [-0.2, -0.15) is 0 Å². The third-order valence-corrected chi connectivity index (χ3v) is 8.29. The number of anilines is 3. The number of aromatic nitrogens is 1. The minimum Gasteiger partial charge on any atom is -0.493 e. The number of amides is 3. The number of para-hydroxylation sites is 1. The number of likely N-dealkylation sites (N-methyl/N-ethyl adjacent to an activating group) is 1. The summed E-state index contributed by atoms with van der Waals surface area (Å²) in [6.45, 7) is 8.94. The van der Waals surface area contributed by atoms with Gasteiger partial charge in [0.05, 0.1) is 23.5 Å². The lowest BCUT2D eigenvalue weighted by molar-refractivity contribution is -0.137. The number of halogens is 3. The van der Waals surface area contributed by atoms with E-state index in [1.54, 1.807) is 48.0 Å². The van der Waals surface area contributed by atoms with E-state index in [0.717, 1.165) is 30.8 Å². The van der Waals surface area contributed by atoms with Gasteiger partial charge >= 0.3 is 0 Å². The van der Waals surface area contributed by atoms with Crippen molar-refractivity contribution in [3.05, 3.63) is 78.1 Å². The first-order chi connectivity index (χ1) is 21.4. The fourth-order valence-electron chi connectivity index (χ4n) is 5.61. The number of hydrogen-bond donors (Lipinski definition) is 0. The molecule has 10 nitrogen and oxygen atoms in total. The van der Waals surface area contributed by atoms with Crippen LogP contribution >= 0.6 is 37.2 Å². The molecule has 0 spiro atoms. The fraction of sp³-hybridized carbons (Fsp3) is 0.429. The Morgan fingerprint density at radius 2 is 1.54 bits per heavy atom. The van der Waals surface area contributed by atoms with E-state index < -0.39 is 5.41 Å². The Bertz CT molecular complexity index is 1510. The van der Waals surface area contributed by atoms with Gasteiger partial charge in [0.15, 0.2) is 0 Å². The number of pyridine rings is 1. The summed E-state index contributed by atoms with van der Waals surface area (Å²) in [5.41, 5.74) is 2.92. The summed E-state index contributed by atoms with van der Waals surface area (Å²) in [5, 5.41) is 0. The minimum atomic E-state index is -1.16. The molecule has 0 saturated heterocycles. The normalized spacial score (nSPS) is 13.4. The van der Waals surface area contributed by atoms with Crippen LogP contribution in [0.1, 0.15) is 43.1 Å². The molecule has 0 N–H and O–H groups in total. The number of nitrogens with zero attached hydrogens (tertiary/aromatic N) is 6. The first-order valence-electron chi connectivity index (χ1n) is 15.5. The molecule has 2 aromatic carbocycles. The van der Waals surface area contributed by atoms with Crippen LogP contribution < -0.4 is 19.4 Å². The van der Waals surface area contributed by atoms with Crippen LogP contribution in [-0.4, -0.2) is 93.5 Å². The van der Waals surface area contributed by atoms with Crippen LogP contribution in [0.25, 0.3) is 0 Å². The molecule has 0 aliphatic carbocycles. The lowest BCUT2D eigenvalue weighted by atomic mass is 9.90. The second-order valence-corrected chi connectivity index (χ2v) is 12.2. The molecule has 0 atom stereocenters. The van der Waals surface area contributed by atoms with E-state index in [-0.39, 0.29) is 54.9 Å². The molecule has 2 heterocycles. The maximum Gasteiger partial charge on any atom is 0.255 e. The molecule has 3 amide bonds. The van der Waals surface area contributed by atoms with Gasteiger partial charge in [0.1, 0.15) is 11.2 Å². The third-order valence-electron chi connectivity index (χ3n) is 8.29. The molecular formula is C35H49Cl3N6O4.